The third-order valence-corrected chi connectivity index (χ3v) is 3.71. The highest BCUT2D eigenvalue weighted by atomic mass is 127. The maximum atomic E-state index is 5.77. The smallest absolute Gasteiger partial charge is 0.213 e. The molecule has 0 bridgehead atoms. The largest absolute Gasteiger partial charge is 0.443 e. The molecule has 25 heavy (non-hydrogen) atoms. The molecule has 0 unspecified atom stereocenters. The molecule has 2 rings (SSSR count). The van der Waals surface area contributed by atoms with Crippen LogP contribution in [0.5, 0.6) is 0 Å². The molecule has 1 heterocycles. The monoisotopic (exact) mass is 456 g/mol. The van der Waals surface area contributed by atoms with E-state index in [1.807, 2.05) is 0 Å². The lowest BCUT2D eigenvalue weighted by Gasteiger charge is -2.13. The fourth-order valence-electron chi connectivity index (χ4n) is 2.31. The third-order valence-electron chi connectivity index (χ3n) is 3.71. The Balaban J connectivity index is 0.00000312. The summed E-state index contributed by atoms with van der Waals surface area (Å²) < 4.78 is 5.77. The van der Waals surface area contributed by atoms with Crippen molar-refractivity contribution in [3.8, 4) is 0 Å². The number of halogens is 1. The molecule has 0 fully saturated rings. The zero-order chi connectivity index (χ0) is 17.6. The van der Waals surface area contributed by atoms with E-state index in [2.05, 4.69) is 72.6 Å². The molecule has 2 N–H and O–H groups in total. The van der Waals surface area contributed by atoms with Crippen molar-refractivity contribution in [1.29, 1.82) is 0 Å². The van der Waals surface area contributed by atoms with Gasteiger partial charge in [0.1, 0.15) is 5.76 Å². The molecular weight excluding hydrogens is 427 g/mol. The number of hydrogen-bond acceptors (Lipinski definition) is 3. The summed E-state index contributed by atoms with van der Waals surface area (Å²) in [6, 6.07) is 8.55. The first-order valence-electron chi connectivity index (χ1n) is 8.34. The van der Waals surface area contributed by atoms with Crippen molar-refractivity contribution in [2.24, 2.45) is 4.99 Å². The van der Waals surface area contributed by atoms with Crippen LogP contribution in [-0.4, -0.2) is 24.5 Å². The summed E-state index contributed by atoms with van der Waals surface area (Å²) in [6.07, 6.45) is 2.75. The topological polar surface area (TPSA) is 62.5 Å². The van der Waals surface area contributed by atoms with E-state index < -0.39 is 0 Å². The third kappa shape index (κ3) is 7.05. The predicted molar refractivity (Wildman–Crippen MR) is 114 cm³/mol. The van der Waals surface area contributed by atoms with Crippen molar-refractivity contribution in [3.05, 3.63) is 53.2 Å². The quantitative estimate of drug-likeness (QED) is 0.408. The number of hydrogen-bond donors (Lipinski definition) is 2. The van der Waals surface area contributed by atoms with E-state index in [1.54, 1.807) is 13.2 Å². The molecule has 1 aromatic heterocycles. The van der Waals surface area contributed by atoms with Gasteiger partial charge in [-0.1, -0.05) is 50.6 Å². The zero-order valence-corrected chi connectivity index (χ0v) is 18.0. The molecule has 0 saturated carbocycles. The van der Waals surface area contributed by atoms with Crippen LogP contribution in [0.1, 0.15) is 43.5 Å². The summed E-state index contributed by atoms with van der Waals surface area (Å²) in [6.45, 7) is 9.77. The SMILES string of the molecule is CN=C(NCCc1cccc(C)c1)NCc1ncc(C(C)(C)C)o1.I. The fourth-order valence-corrected chi connectivity index (χ4v) is 2.31. The van der Waals surface area contributed by atoms with Gasteiger partial charge in [0.25, 0.3) is 0 Å². The lowest BCUT2D eigenvalue weighted by molar-refractivity contribution is 0.379. The first kappa shape index (κ1) is 21.5. The lowest BCUT2D eigenvalue weighted by atomic mass is 9.94. The van der Waals surface area contributed by atoms with Gasteiger partial charge in [0.15, 0.2) is 5.96 Å². The van der Waals surface area contributed by atoms with Crippen LogP contribution in [0.3, 0.4) is 0 Å². The second kappa shape index (κ2) is 9.79. The molecule has 0 amide bonds. The Kier molecular flexibility index (Phi) is 8.41. The molecule has 0 aliphatic carbocycles. The number of rotatable bonds is 5. The number of nitrogens with zero attached hydrogens (tertiary/aromatic N) is 2. The second-order valence-electron chi connectivity index (χ2n) is 6.96. The summed E-state index contributed by atoms with van der Waals surface area (Å²) in [5, 5.41) is 6.54. The van der Waals surface area contributed by atoms with E-state index in [-0.39, 0.29) is 29.4 Å². The van der Waals surface area contributed by atoms with Crippen molar-refractivity contribution in [2.45, 2.75) is 46.1 Å². The van der Waals surface area contributed by atoms with Crippen LogP contribution in [0.4, 0.5) is 0 Å². The van der Waals surface area contributed by atoms with Crippen LogP contribution in [0, 0.1) is 6.92 Å². The first-order valence-corrected chi connectivity index (χ1v) is 8.34. The summed E-state index contributed by atoms with van der Waals surface area (Å²) in [5.74, 6) is 2.31. The normalized spacial score (nSPS) is 11.8. The van der Waals surface area contributed by atoms with E-state index in [0.29, 0.717) is 12.4 Å². The molecule has 5 nitrogen and oxygen atoms in total. The van der Waals surface area contributed by atoms with Crippen LogP contribution in [-0.2, 0) is 18.4 Å². The minimum Gasteiger partial charge on any atom is -0.443 e. The van der Waals surface area contributed by atoms with E-state index in [4.69, 9.17) is 4.42 Å². The van der Waals surface area contributed by atoms with Gasteiger partial charge in [-0.15, -0.1) is 24.0 Å². The number of aromatic nitrogens is 1. The Hall–Kier alpha value is -1.57. The maximum absolute atomic E-state index is 5.77. The number of benzene rings is 1. The fraction of sp³-hybridized carbons (Fsp3) is 0.474. The maximum Gasteiger partial charge on any atom is 0.213 e. The molecule has 2 aromatic rings. The van der Waals surface area contributed by atoms with Crippen molar-refractivity contribution < 1.29 is 4.42 Å². The van der Waals surface area contributed by atoms with Crippen molar-refractivity contribution >= 4 is 29.9 Å². The molecule has 0 spiro atoms. The highest BCUT2D eigenvalue weighted by Crippen LogP contribution is 2.22. The van der Waals surface area contributed by atoms with Gasteiger partial charge in [0.05, 0.1) is 12.7 Å². The van der Waals surface area contributed by atoms with Gasteiger partial charge in [0.2, 0.25) is 5.89 Å². The van der Waals surface area contributed by atoms with E-state index >= 15 is 0 Å². The molecule has 0 aliphatic rings. The Bertz CT molecular complexity index is 689. The minimum absolute atomic E-state index is 0. The molecule has 0 atom stereocenters. The summed E-state index contributed by atoms with van der Waals surface area (Å²) >= 11 is 0. The van der Waals surface area contributed by atoms with Gasteiger partial charge >= 0.3 is 0 Å². The average Bonchev–Trinajstić information content (AvgIpc) is 3.00. The van der Waals surface area contributed by atoms with Crippen molar-refractivity contribution in [1.82, 2.24) is 15.6 Å². The summed E-state index contributed by atoms with van der Waals surface area (Å²) in [4.78, 5) is 8.55. The molecule has 1 aromatic carbocycles. The Morgan fingerprint density at radius 2 is 2.00 bits per heavy atom. The number of oxazole rings is 1. The Morgan fingerprint density at radius 1 is 1.24 bits per heavy atom. The van der Waals surface area contributed by atoms with Gasteiger partial charge in [-0.2, -0.15) is 0 Å². The lowest BCUT2D eigenvalue weighted by Crippen LogP contribution is -2.37. The van der Waals surface area contributed by atoms with E-state index in [0.717, 1.165) is 24.7 Å². The zero-order valence-electron chi connectivity index (χ0n) is 15.7. The number of aliphatic imine (C=N–C) groups is 1. The minimum atomic E-state index is -0.0288. The summed E-state index contributed by atoms with van der Waals surface area (Å²) in [7, 11) is 1.76. The van der Waals surface area contributed by atoms with E-state index in [9.17, 15) is 0 Å². The van der Waals surface area contributed by atoms with Gasteiger partial charge in [-0.25, -0.2) is 4.98 Å². The Labute approximate surface area is 167 Å². The second-order valence-corrected chi connectivity index (χ2v) is 6.96. The number of nitrogens with one attached hydrogen (secondary N) is 2. The van der Waals surface area contributed by atoms with Crippen LogP contribution in [0.25, 0.3) is 0 Å². The number of guanidine groups is 1. The standard InChI is InChI=1S/C19H28N4O.HI/c1-14-7-6-8-15(11-14)9-10-21-18(20-5)23-13-17-22-12-16(24-17)19(2,3)4;/h6-8,11-12H,9-10,13H2,1-5H3,(H2,20,21,23);1H. The molecule has 0 aliphatic heterocycles. The summed E-state index contributed by atoms with van der Waals surface area (Å²) in [5.41, 5.74) is 2.58. The first-order chi connectivity index (χ1) is 11.4. The predicted octanol–water partition coefficient (Wildman–Crippen LogP) is 3.81. The van der Waals surface area contributed by atoms with Gasteiger partial charge in [-0.05, 0) is 18.9 Å². The van der Waals surface area contributed by atoms with Crippen LogP contribution in [0.15, 0.2) is 39.9 Å². The van der Waals surface area contributed by atoms with Crippen molar-refractivity contribution in [3.63, 3.8) is 0 Å². The molecule has 0 radical (unpaired) electrons. The Morgan fingerprint density at radius 3 is 2.60 bits per heavy atom. The van der Waals surface area contributed by atoms with E-state index in [1.165, 1.54) is 11.1 Å². The van der Waals surface area contributed by atoms with Crippen molar-refractivity contribution in [2.75, 3.05) is 13.6 Å². The highest BCUT2D eigenvalue weighted by molar-refractivity contribution is 14.0. The average molecular weight is 456 g/mol. The van der Waals surface area contributed by atoms with Gasteiger partial charge in [-0.3, -0.25) is 4.99 Å². The van der Waals surface area contributed by atoms with Crippen LogP contribution >= 0.6 is 24.0 Å². The molecule has 6 heteroatoms. The van der Waals surface area contributed by atoms with Gasteiger partial charge in [0, 0.05) is 19.0 Å². The van der Waals surface area contributed by atoms with Crippen LogP contribution in [0.2, 0.25) is 0 Å². The highest BCUT2D eigenvalue weighted by Gasteiger charge is 2.19. The molecule has 138 valence electrons. The molecule has 0 saturated heterocycles. The molecular formula is C19H29IN4O. The van der Waals surface area contributed by atoms with Gasteiger partial charge < -0.3 is 15.1 Å². The van der Waals surface area contributed by atoms with Crippen LogP contribution < -0.4 is 10.6 Å². The number of aryl methyl sites for hydroxylation is 1.